The van der Waals surface area contributed by atoms with Gasteiger partial charge in [0.25, 0.3) is 5.97 Å². The van der Waals surface area contributed by atoms with Gasteiger partial charge in [0.1, 0.15) is 11.5 Å². The van der Waals surface area contributed by atoms with Gasteiger partial charge in [-0.1, -0.05) is 64.6 Å². The van der Waals surface area contributed by atoms with Gasteiger partial charge < -0.3 is 14.6 Å². The average molecular weight is 498 g/mol. The molecule has 0 aliphatic carbocycles. The Kier molecular flexibility index (Phi) is 5.56. The number of ether oxygens (including phenoxy) is 2. The molecule has 0 radical (unpaired) electrons. The van der Waals surface area contributed by atoms with Crippen molar-refractivity contribution in [2.24, 2.45) is 0 Å². The summed E-state index contributed by atoms with van der Waals surface area (Å²) in [5.41, 5.74) is 1.03. The van der Waals surface area contributed by atoms with Gasteiger partial charge in [0, 0.05) is 35.7 Å². The van der Waals surface area contributed by atoms with E-state index in [1.165, 1.54) is 0 Å². The Hall–Kier alpha value is -2.44. The van der Waals surface area contributed by atoms with Crippen LogP contribution >= 0.6 is 46.4 Å². The number of hydrogen-bond acceptors (Lipinski definition) is 4. The minimum Gasteiger partial charge on any atom is -0.481 e. The number of hydrogen-bond donors (Lipinski definition) is 1. The van der Waals surface area contributed by atoms with Gasteiger partial charge in [-0.3, -0.25) is 4.79 Å². The normalized spacial score (nSPS) is 14.4. The van der Waals surface area contributed by atoms with Crippen LogP contribution < -0.4 is 4.74 Å². The number of carbonyl (C=O) groups excluding carboxylic acids is 1. The van der Waals surface area contributed by atoms with E-state index in [1.54, 1.807) is 36.4 Å². The zero-order chi connectivity index (χ0) is 22.5. The van der Waals surface area contributed by atoms with E-state index in [0.717, 1.165) is 6.92 Å². The molecule has 3 aromatic rings. The molecule has 0 saturated carbocycles. The first-order valence-electron chi connectivity index (χ1n) is 8.84. The minimum absolute atomic E-state index is 0.322. The van der Waals surface area contributed by atoms with Gasteiger partial charge in [-0.15, -0.1) is 0 Å². The predicted molar refractivity (Wildman–Crippen MR) is 118 cm³/mol. The van der Waals surface area contributed by atoms with Crippen molar-refractivity contribution in [3.05, 3.63) is 90.9 Å². The van der Waals surface area contributed by atoms with Crippen LogP contribution in [0.2, 0.25) is 20.1 Å². The number of carboxylic acids is 1. The molecular formula is C22H12Cl4O5. The van der Waals surface area contributed by atoms with Gasteiger partial charge in [-0.2, -0.15) is 0 Å². The largest absolute Gasteiger partial charge is 0.481 e. The van der Waals surface area contributed by atoms with Gasteiger partial charge in [-0.05, 0) is 18.2 Å². The van der Waals surface area contributed by atoms with E-state index >= 15 is 0 Å². The van der Waals surface area contributed by atoms with Crippen LogP contribution in [0.5, 0.6) is 11.5 Å². The fourth-order valence-electron chi connectivity index (χ4n) is 3.66. The molecule has 3 aromatic carbocycles. The molecule has 2 aliphatic rings. The summed E-state index contributed by atoms with van der Waals surface area (Å²) in [5.74, 6) is -0.416. The maximum atomic E-state index is 12.7. The summed E-state index contributed by atoms with van der Waals surface area (Å²) < 4.78 is 12.0. The molecule has 2 aliphatic heterocycles. The summed E-state index contributed by atoms with van der Waals surface area (Å²) >= 11 is 24.9. The van der Waals surface area contributed by atoms with Crippen LogP contribution in [-0.4, -0.2) is 17.0 Å². The molecule has 1 spiro atoms. The third-order valence-corrected chi connectivity index (χ3v) is 6.24. The molecule has 158 valence electrons. The van der Waals surface area contributed by atoms with Gasteiger partial charge in [-0.25, -0.2) is 4.79 Å². The quantitative estimate of drug-likeness (QED) is 0.340. The summed E-state index contributed by atoms with van der Waals surface area (Å²) in [4.78, 5) is 21.7. The van der Waals surface area contributed by atoms with Crippen molar-refractivity contribution in [2.75, 3.05) is 0 Å². The van der Waals surface area contributed by atoms with Gasteiger partial charge >= 0.3 is 5.97 Å². The van der Waals surface area contributed by atoms with Crippen LogP contribution in [0.15, 0.2) is 48.5 Å². The number of rotatable bonds is 0. The lowest BCUT2D eigenvalue weighted by Crippen LogP contribution is -2.33. The highest BCUT2D eigenvalue weighted by Gasteiger charge is 2.53. The Morgan fingerprint density at radius 1 is 0.839 bits per heavy atom. The fourth-order valence-corrected chi connectivity index (χ4v) is 4.29. The third kappa shape index (κ3) is 3.52. The lowest BCUT2D eigenvalue weighted by Gasteiger charge is -2.37. The maximum Gasteiger partial charge on any atom is 0.340 e. The van der Waals surface area contributed by atoms with Gasteiger partial charge in [0.15, 0.2) is 5.60 Å². The van der Waals surface area contributed by atoms with Crippen LogP contribution in [0.1, 0.15) is 34.0 Å². The van der Waals surface area contributed by atoms with Crippen molar-refractivity contribution < 1.29 is 24.2 Å². The number of aliphatic carboxylic acids is 1. The van der Waals surface area contributed by atoms with Crippen LogP contribution in [0.25, 0.3) is 0 Å². The summed E-state index contributed by atoms with van der Waals surface area (Å²) in [6.07, 6.45) is 0. The molecular weight excluding hydrogens is 486 g/mol. The smallest absolute Gasteiger partial charge is 0.340 e. The Bertz CT molecular complexity index is 1190. The third-order valence-electron chi connectivity index (χ3n) is 4.80. The van der Waals surface area contributed by atoms with E-state index < -0.39 is 17.5 Å². The number of carboxylic acid groups (broad SMARTS) is 1. The highest BCUT2D eigenvalue weighted by atomic mass is 35.5. The van der Waals surface area contributed by atoms with E-state index in [0.29, 0.717) is 53.8 Å². The van der Waals surface area contributed by atoms with Crippen molar-refractivity contribution in [1.82, 2.24) is 0 Å². The maximum absolute atomic E-state index is 12.7. The average Bonchev–Trinajstić information content (AvgIpc) is 2.99. The molecule has 9 heteroatoms. The topological polar surface area (TPSA) is 72.8 Å². The lowest BCUT2D eigenvalue weighted by atomic mass is 9.78. The second-order valence-corrected chi connectivity index (χ2v) is 8.39. The van der Waals surface area contributed by atoms with Gasteiger partial charge in [0.2, 0.25) is 0 Å². The molecule has 0 saturated heterocycles. The van der Waals surface area contributed by atoms with E-state index in [9.17, 15) is 4.79 Å². The van der Waals surface area contributed by atoms with Crippen molar-refractivity contribution in [2.45, 2.75) is 12.5 Å². The van der Waals surface area contributed by atoms with Crippen LogP contribution in [0.3, 0.4) is 0 Å². The van der Waals surface area contributed by atoms with Crippen molar-refractivity contribution in [3.8, 4) is 11.5 Å². The Morgan fingerprint density at radius 3 is 1.81 bits per heavy atom. The highest BCUT2D eigenvalue weighted by molar-refractivity contribution is 6.42. The molecule has 0 aromatic heterocycles. The lowest BCUT2D eigenvalue weighted by molar-refractivity contribution is -0.134. The van der Waals surface area contributed by atoms with Crippen LogP contribution in [-0.2, 0) is 15.1 Å². The standard InChI is InChI=1S/C20H8Cl4O3.C2H4O2/c21-13-5-11-17(7-15(13)23)26-18-8-16(24)14(22)6-12(18)20(11)10-4-2-1-3-9(10)19(25)27-20;1-2(3)4/h1-8H;1H3,(H,3,4). The molecule has 0 bridgehead atoms. The molecule has 0 atom stereocenters. The van der Waals surface area contributed by atoms with Crippen LogP contribution in [0, 0.1) is 0 Å². The highest BCUT2D eigenvalue weighted by Crippen LogP contribution is 2.58. The Morgan fingerprint density at radius 2 is 1.29 bits per heavy atom. The first-order valence-corrected chi connectivity index (χ1v) is 10.4. The Labute approximate surface area is 197 Å². The minimum atomic E-state index is -1.25. The number of fused-ring (bicyclic) bond motifs is 6. The first-order chi connectivity index (χ1) is 14.6. The van der Waals surface area contributed by atoms with E-state index in [2.05, 4.69) is 0 Å². The predicted octanol–water partition coefficient (Wildman–Crippen LogP) is 6.96. The SMILES string of the molecule is CC(=O)O.O=C1OC2(c3cc(Cl)c(Cl)cc3Oc3cc(Cl)c(Cl)cc32)c2ccccc21. The summed E-state index contributed by atoms with van der Waals surface area (Å²) in [6.45, 7) is 1.08. The Balaban J connectivity index is 0.000000535. The molecule has 1 N–H and O–H groups in total. The molecule has 31 heavy (non-hydrogen) atoms. The molecule has 5 nitrogen and oxygen atoms in total. The molecule has 2 heterocycles. The summed E-state index contributed by atoms with van der Waals surface area (Å²) in [6, 6.07) is 13.7. The number of carbonyl (C=O) groups is 2. The fraction of sp³-hybridized carbons (Fsp3) is 0.0909. The molecule has 5 rings (SSSR count). The van der Waals surface area contributed by atoms with Crippen LogP contribution in [0.4, 0.5) is 0 Å². The summed E-state index contributed by atoms with van der Waals surface area (Å²) in [5, 5.41) is 8.71. The molecule has 0 fully saturated rings. The first kappa shape index (κ1) is 21.8. The van der Waals surface area contributed by atoms with Crippen molar-refractivity contribution >= 4 is 58.3 Å². The van der Waals surface area contributed by atoms with Crippen molar-refractivity contribution in [3.63, 3.8) is 0 Å². The van der Waals surface area contributed by atoms with Crippen molar-refractivity contribution in [1.29, 1.82) is 0 Å². The van der Waals surface area contributed by atoms with E-state index in [1.807, 2.05) is 12.1 Å². The monoisotopic (exact) mass is 496 g/mol. The summed E-state index contributed by atoms with van der Waals surface area (Å²) in [7, 11) is 0. The number of benzene rings is 3. The van der Waals surface area contributed by atoms with Gasteiger partial charge in [0.05, 0.1) is 25.7 Å². The second-order valence-electron chi connectivity index (χ2n) is 6.76. The molecule has 0 unspecified atom stereocenters. The van der Waals surface area contributed by atoms with E-state index in [-0.39, 0.29) is 0 Å². The molecule has 0 amide bonds. The number of halogens is 4. The second kappa shape index (κ2) is 7.92. The van der Waals surface area contributed by atoms with E-state index in [4.69, 9.17) is 65.8 Å². The zero-order valence-electron chi connectivity index (χ0n) is 15.7. The zero-order valence-corrected chi connectivity index (χ0v) is 18.7. The number of esters is 1.